The Hall–Kier alpha value is -4.22. The van der Waals surface area contributed by atoms with E-state index in [0.29, 0.717) is 27.9 Å². The fourth-order valence-electron chi connectivity index (χ4n) is 3.38. The second-order valence-electron chi connectivity index (χ2n) is 7.37. The Balaban J connectivity index is 1.72. The van der Waals surface area contributed by atoms with Gasteiger partial charge in [-0.1, -0.05) is 36.1 Å². The molecule has 0 aliphatic carbocycles. The van der Waals surface area contributed by atoms with Gasteiger partial charge in [0.1, 0.15) is 10.6 Å². The number of aryl methyl sites for hydroxylation is 2. The number of aromatic nitrogens is 2. The molecule has 2 aromatic heterocycles. The van der Waals surface area contributed by atoms with E-state index < -0.39 is 16.0 Å². The van der Waals surface area contributed by atoms with E-state index in [1.165, 1.54) is 12.3 Å². The molecule has 0 aliphatic rings. The Morgan fingerprint density at radius 2 is 1.73 bits per heavy atom. The highest BCUT2D eigenvalue weighted by molar-refractivity contribution is 7.93. The number of nitrogens with zero attached hydrogens (tertiary/aromatic N) is 2. The van der Waals surface area contributed by atoms with E-state index in [-0.39, 0.29) is 10.6 Å². The van der Waals surface area contributed by atoms with E-state index in [4.69, 9.17) is 5.11 Å². The Morgan fingerprint density at radius 1 is 0.939 bits per heavy atom. The van der Waals surface area contributed by atoms with Crippen LogP contribution in [0.25, 0.3) is 10.9 Å². The van der Waals surface area contributed by atoms with E-state index in [1.54, 1.807) is 49.5 Å². The molecule has 4 rings (SSSR count). The van der Waals surface area contributed by atoms with Crippen molar-refractivity contribution in [2.45, 2.75) is 18.7 Å². The van der Waals surface area contributed by atoms with Gasteiger partial charge in [-0.25, -0.2) is 18.2 Å². The number of para-hydroxylation sites is 1. The molecular formula is C25H19N3O4S. The van der Waals surface area contributed by atoms with Crippen LogP contribution >= 0.6 is 0 Å². The number of rotatable bonds is 4. The molecule has 0 radical (unpaired) electrons. The van der Waals surface area contributed by atoms with Crippen LogP contribution in [0, 0.1) is 25.7 Å². The summed E-state index contributed by atoms with van der Waals surface area (Å²) in [4.78, 5) is 19.2. The molecule has 0 aliphatic heterocycles. The molecule has 0 spiro atoms. The lowest BCUT2D eigenvalue weighted by atomic mass is 10.1. The number of hydrogen-bond donors (Lipinski definition) is 2. The summed E-state index contributed by atoms with van der Waals surface area (Å²) in [6.07, 6.45) is 2.95. The van der Waals surface area contributed by atoms with E-state index in [1.807, 2.05) is 19.1 Å². The second-order valence-corrected chi connectivity index (χ2v) is 8.99. The highest BCUT2D eigenvalue weighted by Crippen LogP contribution is 2.29. The lowest BCUT2D eigenvalue weighted by Gasteiger charge is -2.14. The molecule has 0 saturated heterocycles. The Labute approximate surface area is 191 Å². The highest BCUT2D eigenvalue weighted by Gasteiger charge is 2.22. The summed E-state index contributed by atoms with van der Waals surface area (Å²) in [6.45, 7) is 3.64. The van der Waals surface area contributed by atoms with Crippen LogP contribution in [0.4, 0.5) is 5.69 Å². The van der Waals surface area contributed by atoms with Gasteiger partial charge in [-0.3, -0.25) is 9.71 Å². The molecule has 0 atom stereocenters. The van der Waals surface area contributed by atoms with Gasteiger partial charge >= 0.3 is 5.97 Å². The number of pyridine rings is 2. The van der Waals surface area contributed by atoms with Crippen molar-refractivity contribution in [3.63, 3.8) is 0 Å². The first-order chi connectivity index (χ1) is 15.8. The fourth-order valence-corrected chi connectivity index (χ4v) is 4.86. The average molecular weight is 458 g/mol. The lowest BCUT2D eigenvalue weighted by molar-refractivity contribution is 0.0690. The van der Waals surface area contributed by atoms with Crippen LogP contribution in [-0.4, -0.2) is 29.5 Å². The topological polar surface area (TPSA) is 109 Å². The van der Waals surface area contributed by atoms with Gasteiger partial charge in [-0.05, 0) is 55.3 Å². The predicted molar refractivity (Wildman–Crippen MR) is 126 cm³/mol. The molecule has 2 N–H and O–H groups in total. The zero-order valence-corrected chi connectivity index (χ0v) is 18.6. The lowest BCUT2D eigenvalue weighted by Crippen LogP contribution is -2.16. The summed E-state index contributed by atoms with van der Waals surface area (Å²) in [5.74, 6) is 4.70. The van der Waals surface area contributed by atoms with Gasteiger partial charge in [0.15, 0.2) is 0 Å². The van der Waals surface area contributed by atoms with Crippen LogP contribution in [0.5, 0.6) is 0 Å². The number of carbonyl (C=O) groups is 1. The number of hydrogen-bond acceptors (Lipinski definition) is 5. The van der Waals surface area contributed by atoms with Crippen LogP contribution in [-0.2, 0) is 10.0 Å². The van der Waals surface area contributed by atoms with Gasteiger partial charge < -0.3 is 5.11 Å². The average Bonchev–Trinajstić information content (AvgIpc) is 2.78. The predicted octanol–water partition coefficient (Wildman–Crippen LogP) is 4.15. The highest BCUT2D eigenvalue weighted by atomic mass is 32.2. The van der Waals surface area contributed by atoms with Gasteiger partial charge in [0.05, 0.1) is 11.2 Å². The quantitative estimate of drug-likeness (QED) is 0.446. The molecular weight excluding hydrogens is 438 g/mol. The molecule has 2 aromatic carbocycles. The largest absolute Gasteiger partial charge is 0.477 e. The minimum Gasteiger partial charge on any atom is -0.477 e. The number of nitrogens with one attached hydrogen (secondary N) is 1. The first kappa shape index (κ1) is 22.0. The summed E-state index contributed by atoms with van der Waals surface area (Å²) in [6, 6.07) is 15.2. The Morgan fingerprint density at radius 3 is 2.45 bits per heavy atom. The number of aromatic carboxylic acids is 1. The third-order valence-corrected chi connectivity index (χ3v) is 6.59. The molecule has 164 valence electrons. The summed E-state index contributed by atoms with van der Waals surface area (Å²) in [5.41, 5.74) is 3.14. The summed E-state index contributed by atoms with van der Waals surface area (Å²) >= 11 is 0. The van der Waals surface area contributed by atoms with Gasteiger partial charge in [-0.2, -0.15) is 0 Å². The first-order valence-corrected chi connectivity index (χ1v) is 11.4. The van der Waals surface area contributed by atoms with E-state index in [2.05, 4.69) is 26.5 Å². The van der Waals surface area contributed by atoms with Crippen LogP contribution in [0.1, 0.15) is 32.7 Å². The SMILES string of the molecule is Cc1ccc2c(C)ccnc2c1S(=O)(=O)Nc1ccccc1C#Cc1ccc(C(=O)O)nc1. The van der Waals surface area contributed by atoms with Crippen LogP contribution in [0.3, 0.4) is 0 Å². The number of benzene rings is 2. The maximum Gasteiger partial charge on any atom is 0.354 e. The van der Waals surface area contributed by atoms with Crippen LogP contribution < -0.4 is 4.72 Å². The molecule has 33 heavy (non-hydrogen) atoms. The van der Waals surface area contributed by atoms with Gasteiger partial charge in [0.25, 0.3) is 10.0 Å². The number of sulfonamides is 1. The Bertz CT molecular complexity index is 1550. The molecule has 8 heteroatoms. The van der Waals surface area contributed by atoms with Gasteiger partial charge in [0.2, 0.25) is 0 Å². The minimum atomic E-state index is -3.97. The Kier molecular flexibility index (Phi) is 5.82. The summed E-state index contributed by atoms with van der Waals surface area (Å²) in [5, 5.41) is 9.73. The van der Waals surface area contributed by atoms with Crippen molar-refractivity contribution in [2.24, 2.45) is 0 Å². The van der Waals surface area contributed by atoms with Crippen LogP contribution in [0.2, 0.25) is 0 Å². The molecule has 0 saturated carbocycles. The van der Waals surface area contributed by atoms with Crippen molar-refractivity contribution in [1.82, 2.24) is 9.97 Å². The standard InChI is InChI=1S/C25H19N3O4S/c1-16-13-14-26-23-20(16)11-7-17(2)24(23)33(31,32)28-21-6-4-3-5-19(21)10-8-18-9-12-22(25(29)30)27-15-18/h3-7,9,11-15,28H,1-2H3,(H,29,30). The summed E-state index contributed by atoms with van der Waals surface area (Å²) < 4.78 is 29.5. The number of anilines is 1. The third kappa shape index (κ3) is 4.54. The molecule has 4 aromatic rings. The number of carboxylic acid groups (broad SMARTS) is 1. The first-order valence-electron chi connectivity index (χ1n) is 9.94. The fraction of sp³-hybridized carbons (Fsp3) is 0.0800. The summed E-state index contributed by atoms with van der Waals surface area (Å²) in [7, 11) is -3.97. The number of carboxylic acids is 1. The molecule has 2 heterocycles. The van der Waals surface area contributed by atoms with E-state index >= 15 is 0 Å². The van der Waals surface area contributed by atoms with Crippen molar-refractivity contribution >= 4 is 32.6 Å². The molecule has 7 nitrogen and oxygen atoms in total. The molecule has 0 amide bonds. The smallest absolute Gasteiger partial charge is 0.354 e. The van der Waals surface area contributed by atoms with E-state index in [9.17, 15) is 13.2 Å². The van der Waals surface area contributed by atoms with Crippen molar-refractivity contribution in [3.8, 4) is 11.8 Å². The maximum atomic E-state index is 13.4. The van der Waals surface area contributed by atoms with Gasteiger partial charge in [-0.15, -0.1) is 0 Å². The number of fused-ring (bicyclic) bond motifs is 1. The zero-order valence-electron chi connectivity index (χ0n) is 17.8. The molecule has 0 bridgehead atoms. The van der Waals surface area contributed by atoms with Gasteiger partial charge in [0, 0.05) is 28.9 Å². The second kappa shape index (κ2) is 8.73. The zero-order chi connectivity index (χ0) is 23.6. The monoisotopic (exact) mass is 457 g/mol. The van der Waals surface area contributed by atoms with E-state index in [0.717, 1.165) is 10.9 Å². The normalized spacial score (nSPS) is 11.0. The third-order valence-electron chi connectivity index (χ3n) is 5.05. The van der Waals surface area contributed by atoms with Crippen molar-refractivity contribution < 1.29 is 18.3 Å². The van der Waals surface area contributed by atoms with Crippen LogP contribution in [0.15, 0.2) is 71.9 Å². The van der Waals surface area contributed by atoms with Crippen molar-refractivity contribution in [1.29, 1.82) is 0 Å². The minimum absolute atomic E-state index is 0.0805. The van der Waals surface area contributed by atoms with Crippen molar-refractivity contribution in [2.75, 3.05) is 4.72 Å². The molecule has 0 fully saturated rings. The maximum absolute atomic E-state index is 13.4. The van der Waals surface area contributed by atoms with Crippen molar-refractivity contribution in [3.05, 3.63) is 94.9 Å². The molecule has 0 unspecified atom stereocenters.